The molecule has 0 saturated heterocycles. The third kappa shape index (κ3) is 9.17. The van der Waals surface area contributed by atoms with Crippen LogP contribution in [0.1, 0.15) is 30.5 Å². The minimum Gasteiger partial charge on any atom is -0.464 e. The summed E-state index contributed by atoms with van der Waals surface area (Å²) in [6.45, 7) is -0.410. The van der Waals surface area contributed by atoms with Crippen molar-refractivity contribution < 1.29 is 46.6 Å². The summed E-state index contributed by atoms with van der Waals surface area (Å²) >= 11 is 0. The fourth-order valence-corrected chi connectivity index (χ4v) is 4.39. The van der Waals surface area contributed by atoms with Crippen LogP contribution in [0.3, 0.4) is 0 Å². The van der Waals surface area contributed by atoms with Gasteiger partial charge in [0.05, 0.1) is 17.8 Å². The zero-order valence-electron chi connectivity index (χ0n) is 24.5. The molecule has 16 heteroatoms. The molecule has 1 atom stereocenters. The monoisotopic (exact) mass is 637 g/mol. The predicted molar refractivity (Wildman–Crippen MR) is 155 cm³/mol. The van der Waals surface area contributed by atoms with Gasteiger partial charge in [-0.25, -0.2) is 18.5 Å². The number of fused-ring (bicyclic) bond motifs is 1. The lowest BCUT2D eigenvalue weighted by molar-refractivity contribution is -0.134. The molecule has 242 valence electrons. The van der Waals surface area contributed by atoms with E-state index in [4.69, 9.17) is 4.74 Å². The highest BCUT2D eigenvalue weighted by Crippen LogP contribution is 2.29. The van der Waals surface area contributed by atoms with Crippen LogP contribution in [0.15, 0.2) is 53.5 Å². The number of anilines is 1. The van der Waals surface area contributed by atoms with Crippen LogP contribution in [-0.2, 0) is 27.3 Å². The van der Waals surface area contributed by atoms with E-state index in [0.29, 0.717) is 4.57 Å². The van der Waals surface area contributed by atoms with E-state index in [-0.39, 0.29) is 46.6 Å². The van der Waals surface area contributed by atoms with Crippen molar-refractivity contribution in [2.24, 2.45) is 0 Å². The first kappa shape index (κ1) is 34.3. The van der Waals surface area contributed by atoms with Crippen LogP contribution in [0.4, 0.5) is 32.8 Å². The van der Waals surface area contributed by atoms with Crippen molar-refractivity contribution >= 4 is 40.6 Å². The van der Waals surface area contributed by atoms with E-state index in [1.807, 2.05) is 0 Å². The van der Waals surface area contributed by atoms with E-state index >= 15 is 0 Å². The molecule has 3 amide bonds. The van der Waals surface area contributed by atoms with Gasteiger partial charge < -0.3 is 29.9 Å². The van der Waals surface area contributed by atoms with Crippen LogP contribution in [-0.4, -0.2) is 76.6 Å². The Kier molecular flexibility index (Phi) is 11.1. The topological polar surface area (TPSA) is 152 Å². The van der Waals surface area contributed by atoms with Crippen LogP contribution < -0.4 is 16.2 Å². The van der Waals surface area contributed by atoms with Crippen molar-refractivity contribution in [2.45, 2.75) is 44.5 Å². The number of halogens is 4. The van der Waals surface area contributed by atoms with Crippen molar-refractivity contribution in [3.8, 4) is 0 Å². The quantitative estimate of drug-likeness (QED) is 0.212. The minimum atomic E-state index is -4.56. The third-order valence-electron chi connectivity index (χ3n) is 6.51. The summed E-state index contributed by atoms with van der Waals surface area (Å²) in [6.07, 6.45) is -6.16. The molecule has 45 heavy (non-hydrogen) atoms. The number of likely N-dealkylation sites (N-methyl/N-ethyl adjacent to an activating group) is 1. The molecule has 0 fully saturated rings. The van der Waals surface area contributed by atoms with E-state index in [9.17, 15) is 46.6 Å². The Morgan fingerprint density at radius 3 is 2.49 bits per heavy atom. The molecule has 0 unspecified atom stereocenters. The van der Waals surface area contributed by atoms with Gasteiger partial charge in [0.2, 0.25) is 5.91 Å². The van der Waals surface area contributed by atoms with E-state index in [2.05, 4.69) is 10.6 Å². The number of carbonyl (C=O) groups excluding carboxylic acids is 3. The number of hydrogen-bond donors (Lipinski definition) is 3. The van der Waals surface area contributed by atoms with Gasteiger partial charge in [-0.15, -0.1) is 0 Å². The van der Waals surface area contributed by atoms with E-state index in [1.165, 1.54) is 57.7 Å². The summed E-state index contributed by atoms with van der Waals surface area (Å²) in [7, 11) is 4.25. The number of alkyl halides is 3. The highest BCUT2D eigenvalue weighted by molar-refractivity contribution is 5.95. The smallest absolute Gasteiger partial charge is 0.416 e. The van der Waals surface area contributed by atoms with Crippen LogP contribution >= 0.6 is 0 Å². The van der Waals surface area contributed by atoms with Gasteiger partial charge in [0.1, 0.15) is 11.5 Å². The molecular formula is C29H31F4N5O7. The molecule has 2 heterocycles. The number of hydrogen-bond acceptors (Lipinski definition) is 6. The van der Waals surface area contributed by atoms with Crippen molar-refractivity contribution in [2.75, 3.05) is 26.5 Å². The molecule has 0 spiro atoms. The number of nitrogens with one attached hydrogen (secondary N) is 2. The number of nitrogens with zero attached hydrogens (tertiary/aromatic N) is 3. The maximum atomic E-state index is 14.3. The fourth-order valence-electron chi connectivity index (χ4n) is 4.39. The van der Waals surface area contributed by atoms with Gasteiger partial charge in [0.15, 0.2) is 6.10 Å². The molecular weight excluding hydrogens is 606 g/mol. The van der Waals surface area contributed by atoms with Gasteiger partial charge in [-0.3, -0.25) is 14.4 Å². The van der Waals surface area contributed by atoms with Crippen molar-refractivity contribution in [1.29, 1.82) is 0 Å². The molecule has 0 radical (unpaired) electrons. The van der Waals surface area contributed by atoms with Gasteiger partial charge in [-0.1, -0.05) is 6.08 Å². The van der Waals surface area contributed by atoms with E-state index in [0.717, 1.165) is 21.6 Å². The Balaban J connectivity index is 1.92. The Morgan fingerprint density at radius 1 is 1.16 bits per heavy atom. The Bertz CT molecular complexity index is 1680. The number of rotatable bonds is 11. The van der Waals surface area contributed by atoms with E-state index in [1.54, 1.807) is 0 Å². The summed E-state index contributed by atoms with van der Waals surface area (Å²) in [5.74, 6) is -2.09. The number of pyridine rings is 1. The number of allylic oxidation sites excluding steroid dienone is 1. The SMILES string of the molecule is CNC(=O)/C=C/CC[C@H](OC(=O)N(C)C)C(=O)Nc1cccn(Cc2cc3cc(F)cc(CCC(F)(F)F)c3n2C(=O)O)c1=O. The lowest BCUT2D eigenvalue weighted by Crippen LogP contribution is -2.37. The number of ether oxygens (including phenoxy) is 1. The lowest BCUT2D eigenvalue weighted by Gasteiger charge is -2.19. The van der Waals surface area contributed by atoms with Gasteiger partial charge in [-0.05, 0) is 61.2 Å². The molecule has 0 bridgehead atoms. The zero-order valence-corrected chi connectivity index (χ0v) is 24.5. The summed E-state index contributed by atoms with van der Waals surface area (Å²) in [6, 6.07) is 5.72. The Morgan fingerprint density at radius 2 is 1.87 bits per heavy atom. The molecule has 0 aliphatic heterocycles. The standard InChI is InChI=1S/C29H31F4N5O7/c1-34-23(39)9-5-4-8-22(45-28(44)36(2)3)25(40)35-21-7-6-12-37(26(21)41)16-20-15-18-14-19(30)13-17(10-11-29(31,32)33)24(18)38(20)27(42)43/h5-7,9,12-15,22H,4,8,10-11,16H2,1-3H3,(H,34,39)(H,35,40)(H,42,43)/b9-5+/t22-/m0/s1. The van der Waals surface area contributed by atoms with Gasteiger partial charge >= 0.3 is 18.4 Å². The lowest BCUT2D eigenvalue weighted by atomic mass is 10.1. The molecule has 0 aliphatic rings. The average molecular weight is 638 g/mol. The second-order valence-corrected chi connectivity index (χ2v) is 10.1. The van der Waals surface area contributed by atoms with Gasteiger partial charge in [0, 0.05) is 39.1 Å². The highest BCUT2D eigenvalue weighted by atomic mass is 19.4. The van der Waals surface area contributed by atoms with Crippen LogP contribution in [0, 0.1) is 5.82 Å². The first-order chi connectivity index (χ1) is 21.1. The average Bonchev–Trinajstić information content (AvgIpc) is 3.32. The predicted octanol–water partition coefficient (Wildman–Crippen LogP) is 4.10. The first-order valence-electron chi connectivity index (χ1n) is 13.5. The normalized spacial score (nSPS) is 12.2. The molecule has 1 aromatic carbocycles. The fraction of sp³-hybridized carbons (Fsp3) is 0.345. The van der Waals surface area contributed by atoms with Crippen LogP contribution in [0.25, 0.3) is 10.9 Å². The maximum absolute atomic E-state index is 14.3. The molecule has 3 aromatic rings. The van der Waals surface area contributed by atoms with Crippen LogP contribution in [0.2, 0.25) is 0 Å². The molecule has 12 nitrogen and oxygen atoms in total. The number of amides is 3. The molecule has 0 saturated carbocycles. The number of carbonyl (C=O) groups is 4. The number of aromatic nitrogens is 2. The van der Waals surface area contributed by atoms with Gasteiger partial charge in [0.25, 0.3) is 11.5 Å². The third-order valence-corrected chi connectivity index (χ3v) is 6.51. The zero-order chi connectivity index (χ0) is 33.5. The largest absolute Gasteiger partial charge is 0.464 e. The molecule has 3 N–H and O–H groups in total. The number of benzene rings is 1. The summed E-state index contributed by atoms with van der Waals surface area (Å²) in [5.41, 5.74) is -1.40. The highest BCUT2D eigenvalue weighted by Gasteiger charge is 2.28. The number of carboxylic acid groups (broad SMARTS) is 1. The van der Waals surface area contributed by atoms with E-state index < -0.39 is 61.1 Å². The summed E-state index contributed by atoms with van der Waals surface area (Å²) < 4.78 is 60.0. The van der Waals surface area contributed by atoms with Crippen LogP contribution in [0.5, 0.6) is 0 Å². The first-order valence-corrected chi connectivity index (χ1v) is 13.5. The summed E-state index contributed by atoms with van der Waals surface area (Å²) in [4.78, 5) is 63.3. The number of aryl methyl sites for hydroxylation is 1. The van der Waals surface area contributed by atoms with Crippen molar-refractivity contribution in [1.82, 2.24) is 19.4 Å². The Hall–Kier alpha value is -5.15. The van der Waals surface area contributed by atoms with Crippen molar-refractivity contribution in [3.63, 3.8) is 0 Å². The molecule has 0 aliphatic carbocycles. The second-order valence-electron chi connectivity index (χ2n) is 10.1. The minimum absolute atomic E-state index is 0.0260. The Labute approximate surface area is 253 Å². The van der Waals surface area contributed by atoms with Gasteiger partial charge in [-0.2, -0.15) is 13.2 Å². The second kappa shape index (κ2) is 14.5. The molecule has 3 rings (SSSR count). The molecule has 2 aromatic heterocycles. The summed E-state index contributed by atoms with van der Waals surface area (Å²) in [5, 5.41) is 14.8. The van der Waals surface area contributed by atoms with Crippen molar-refractivity contribution in [3.05, 3.63) is 76.1 Å². The maximum Gasteiger partial charge on any atom is 0.416 e.